The molecular formula is C10H16N4OS. The van der Waals surface area contributed by atoms with E-state index in [1.807, 2.05) is 19.2 Å². The van der Waals surface area contributed by atoms with Crippen LogP contribution in [0.25, 0.3) is 0 Å². The van der Waals surface area contributed by atoms with Crippen molar-refractivity contribution in [3.63, 3.8) is 0 Å². The van der Waals surface area contributed by atoms with Crippen LogP contribution in [0.5, 0.6) is 0 Å². The van der Waals surface area contributed by atoms with Gasteiger partial charge in [-0.15, -0.1) is 11.3 Å². The molecule has 0 aliphatic carbocycles. The van der Waals surface area contributed by atoms with Crippen LogP contribution in [0.1, 0.15) is 19.5 Å². The zero-order chi connectivity index (χ0) is 11.8. The number of piperazine rings is 1. The molecular weight excluding hydrogens is 224 g/mol. The highest BCUT2D eigenvalue weighted by Crippen LogP contribution is 2.21. The molecule has 1 aromatic heterocycles. The van der Waals surface area contributed by atoms with Gasteiger partial charge in [-0.1, -0.05) is 0 Å². The second-order valence-corrected chi connectivity index (χ2v) is 5.30. The highest BCUT2D eigenvalue weighted by atomic mass is 32.1. The zero-order valence-corrected chi connectivity index (χ0v) is 10.3. The molecule has 1 aliphatic heterocycles. The van der Waals surface area contributed by atoms with E-state index in [9.17, 15) is 4.79 Å². The number of rotatable bonds is 2. The third-order valence-corrected chi connectivity index (χ3v) is 3.66. The van der Waals surface area contributed by atoms with Crippen LogP contribution in [0, 0.1) is 0 Å². The molecule has 1 aliphatic rings. The van der Waals surface area contributed by atoms with E-state index in [4.69, 9.17) is 5.73 Å². The van der Waals surface area contributed by atoms with Crippen LogP contribution in [0.15, 0.2) is 5.38 Å². The van der Waals surface area contributed by atoms with Crippen molar-refractivity contribution in [2.75, 3.05) is 18.8 Å². The summed E-state index contributed by atoms with van der Waals surface area (Å²) in [4.78, 5) is 18.1. The lowest BCUT2D eigenvalue weighted by Gasteiger charge is -2.40. The van der Waals surface area contributed by atoms with Gasteiger partial charge in [0.2, 0.25) is 5.91 Å². The number of carbonyl (C=O) groups is 1. The van der Waals surface area contributed by atoms with Crippen LogP contribution in [0.3, 0.4) is 0 Å². The lowest BCUT2D eigenvalue weighted by Crippen LogP contribution is -2.61. The van der Waals surface area contributed by atoms with Gasteiger partial charge in [-0.3, -0.25) is 9.69 Å². The molecule has 16 heavy (non-hydrogen) atoms. The first-order valence-corrected chi connectivity index (χ1v) is 6.11. The fourth-order valence-electron chi connectivity index (χ4n) is 1.81. The van der Waals surface area contributed by atoms with Gasteiger partial charge in [-0.2, -0.15) is 0 Å². The largest absolute Gasteiger partial charge is 0.375 e. The van der Waals surface area contributed by atoms with E-state index < -0.39 is 5.54 Å². The topological polar surface area (TPSA) is 71.2 Å². The van der Waals surface area contributed by atoms with Crippen LogP contribution in [0.4, 0.5) is 5.13 Å². The van der Waals surface area contributed by atoms with Crippen molar-refractivity contribution in [1.29, 1.82) is 0 Å². The van der Waals surface area contributed by atoms with Gasteiger partial charge in [-0.05, 0) is 13.8 Å². The number of nitrogens with zero attached hydrogens (tertiary/aromatic N) is 2. The second-order valence-electron chi connectivity index (χ2n) is 4.41. The van der Waals surface area contributed by atoms with Crippen LogP contribution in [-0.4, -0.2) is 34.4 Å². The monoisotopic (exact) mass is 240 g/mol. The second kappa shape index (κ2) is 4.03. The lowest BCUT2D eigenvalue weighted by atomic mass is 9.99. The summed E-state index contributed by atoms with van der Waals surface area (Å²) in [6.07, 6.45) is 0. The van der Waals surface area contributed by atoms with Gasteiger partial charge in [0.1, 0.15) is 0 Å². The number of thiazole rings is 1. The van der Waals surface area contributed by atoms with Crippen molar-refractivity contribution in [1.82, 2.24) is 15.2 Å². The molecule has 5 nitrogen and oxygen atoms in total. The molecule has 1 saturated heterocycles. The number of aromatic nitrogens is 1. The number of hydrogen-bond donors (Lipinski definition) is 2. The first-order chi connectivity index (χ1) is 7.50. The van der Waals surface area contributed by atoms with Gasteiger partial charge < -0.3 is 11.1 Å². The Hall–Kier alpha value is -1.14. The molecule has 3 N–H and O–H groups in total. The maximum atomic E-state index is 11.7. The Balaban J connectivity index is 2.11. The number of amides is 1. The number of anilines is 1. The summed E-state index contributed by atoms with van der Waals surface area (Å²) in [7, 11) is 0. The molecule has 1 amide bonds. The van der Waals surface area contributed by atoms with Crippen molar-refractivity contribution in [2.24, 2.45) is 0 Å². The van der Waals surface area contributed by atoms with Crippen molar-refractivity contribution in [3.05, 3.63) is 11.1 Å². The minimum atomic E-state index is -0.476. The third-order valence-electron chi connectivity index (χ3n) is 2.94. The SMILES string of the molecule is CC1(C)C(=O)NCCN1Cc1csc(N)n1. The molecule has 0 saturated carbocycles. The number of carbonyl (C=O) groups excluding carboxylic acids is 1. The minimum Gasteiger partial charge on any atom is -0.375 e. The number of nitrogens with one attached hydrogen (secondary N) is 1. The maximum Gasteiger partial charge on any atom is 0.240 e. The van der Waals surface area contributed by atoms with Crippen molar-refractivity contribution >= 4 is 22.4 Å². The Labute approximate surface area is 98.7 Å². The Bertz CT molecular complexity index is 401. The summed E-state index contributed by atoms with van der Waals surface area (Å²) in [5.74, 6) is 0.0713. The van der Waals surface area contributed by atoms with Gasteiger partial charge in [0.15, 0.2) is 5.13 Å². The molecule has 0 aromatic carbocycles. The van der Waals surface area contributed by atoms with E-state index in [-0.39, 0.29) is 5.91 Å². The Kier molecular flexibility index (Phi) is 2.86. The van der Waals surface area contributed by atoms with Crippen LogP contribution in [-0.2, 0) is 11.3 Å². The highest BCUT2D eigenvalue weighted by molar-refractivity contribution is 7.13. The summed E-state index contributed by atoms with van der Waals surface area (Å²) >= 11 is 1.43. The van der Waals surface area contributed by atoms with E-state index in [1.54, 1.807) is 0 Å². The van der Waals surface area contributed by atoms with Gasteiger partial charge in [0.05, 0.1) is 11.2 Å². The molecule has 2 heterocycles. The summed E-state index contributed by atoms with van der Waals surface area (Å²) in [6.45, 7) is 6.07. The minimum absolute atomic E-state index is 0.0713. The van der Waals surface area contributed by atoms with Crippen LogP contribution in [0.2, 0.25) is 0 Å². The summed E-state index contributed by atoms with van der Waals surface area (Å²) in [5.41, 5.74) is 6.05. The molecule has 88 valence electrons. The van der Waals surface area contributed by atoms with Gasteiger partial charge >= 0.3 is 0 Å². The quantitative estimate of drug-likeness (QED) is 0.786. The first-order valence-electron chi connectivity index (χ1n) is 5.23. The molecule has 0 atom stereocenters. The van der Waals surface area contributed by atoms with Crippen LogP contribution >= 0.6 is 11.3 Å². The fraction of sp³-hybridized carbons (Fsp3) is 0.600. The normalized spacial score (nSPS) is 20.8. The van der Waals surface area contributed by atoms with Crippen molar-refractivity contribution in [3.8, 4) is 0 Å². The molecule has 2 rings (SSSR count). The predicted octanol–water partition coefficient (Wildman–Crippen LogP) is 0.436. The number of nitrogen functional groups attached to an aromatic ring is 1. The van der Waals surface area contributed by atoms with E-state index in [0.717, 1.165) is 12.2 Å². The molecule has 1 aromatic rings. The van der Waals surface area contributed by atoms with E-state index in [1.165, 1.54) is 11.3 Å². The number of hydrogen-bond acceptors (Lipinski definition) is 5. The Morgan fingerprint density at radius 2 is 2.44 bits per heavy atom. The molecule has 0 bridgehead atoms. The first kappa shape index (κ1) is 11.3. The van der Waals surface area contributed by atoms with E-state index in [2.05, 4.69) is 15.2 Å². The van der Waals surface area contributed by atoms with Crippen molar-refractivity contribution < 1.29 is 4.79 Å². The van der Waals surface area contributed by atoms with E-state index >= 15 is 0 Å². The average Bonchev–Trinajstić information content (AvgIpc) is 2.60. The maximum absolute atomic E-state index is 11.7. The Morgan fingerprint density at radius 1 is 1.69 bits per heavy atom. The standard InChI is InChI=1S/C10H16N4OS/c1-10(2)8(15)12-3-4-14(10)5-7-6-16-9(11)13-7/h6H,3-5H2,1-2H3,(H2,11,13)(H,12,15). The fourth-order valence-corrected chi connectivity index (χ4v) is 2.37. The average molecular weight is 240 g/mol. The zero-order valence-electron chi connectivity index (χ0n) is 9.49. The Morgan fingerprint density at radius 3 is 3.06 bits per heavy atom. The lowest BCUT2D eigenvalue weighted by molar-refractivity contribution is -0.135. The highest BCUT2D eigenvalue weighted by Gasteiger charge is 2.37. The van der Waals surface area contributed by atoms with Crippen LogP contribution < -0.4 is 11.1 Å². The molecule has 1 fully saturated rings. The smallest absolute Gasteiger partial charge is 0.240 e. The molecule has 0 unspecified atom stereocenters. The molecule has 0 spiro atoms. The van der Waals surface area contributed by atoms with Gasteiger partial charge in [0, 0.05) is 25.0 Å². The summed E-state index contributed by atoms with van der Waals surface area (Å²) in [5, 5.41) is 5.39. The molecule has 6 heteroatoms. The third kappa shape index (κ3) is 2.03. The van der Waals surface area contributed by atoms with E-state index in [0.29, 0.717) is 18.2 Å². The summed E-state index contributed by atoms with van der Waals surface area (Å²) in [6, 6.07) is 0. The number of nitrogens with two attached hydrogens (primary N) is 1. The van der Waals surface area contributed by atoms with Crippen molar-refractivity contribution in [2.45, 2.75) is 25.9 Å². The predicted molar refractivity (Wildman–Crippen MR) is 64.0 cm³/mol. The van der Waals surface area contributed by atoms with Gasteiger partial charge in [-0.25, -0.2) is 4.98 Å². The van der Waals surface area contributed by atoms with Gasteiger partial charge in [0.25, 0.3) is 0 Å². The summed E-state index contributed by atoms with van der Waals surface area (Å²) < 4.78 is 0. The molecule has 0 radical (unpaired) electrons.